The van der Waals surface area contributed by atoms with Crippen LogP contribution in [-0.2, 0) is 6.61 Å². The highest BCUT2D eigenvalue weighted by molar-refractivity contribution is 5.95. The van der Waals surface area contributed by atoms with E-state index in [0.29, 0.717) is 17.9 Å². The predicted octanol–water partition coefficient (Wildman–Crippen LogP) is 2.44. The normalized spacial score (nSPS) is 9.75. The van der Waals surface area contributed by atoms with Crippen LogP contribution in [0, 0.1) is 17.8 Å². The molecule has 0 atom stereocenters. The molecule has 0 aromatic heterocycles. The Labute approximate surface area is 117 Å². The average molecular weight is 265 g/mol. The van der Waals surface area contributed by atoms with E-state index in [1.165, 1.54) is 6.42 Å². The number of primary amides is 1. The molecular weight excluding hydrogens is 252 g/mol. The van der Waals surface area contributed by atoms with Crippen LogP contribution in [0.3, 0.4) is 0 Å². The van der Waals surface area contributed by atoms with Crippen molar-refractivity contribution in [2.24, 2.45) is 5.73 Å². The number of carbonyl (C=O) groups is 1. The van der Waals surface area contributed by atoms with E-state index < -0.39 is 5.91 Å². The Balaban J connectivity index is 2.15. The molecule has 0 fully saturated rings. The summed E-state index contributed by atoms with van der Waals surface area (Å²) >= 11 is 0. The van der Waals surface area contributed by atoms with Crippen molar-refractivity contribution in [2.75, 3.05) is 0 Å². The number of nitriles is 1. The maximum absolute atomic E-state index is 11.4. The second kappa shape index (κ2) is 6.39. The predicted molar refractivity (Wildman–Crippen MR) is 74.7 cm³/mol. The molecule has 1 radical (unpaired) electrons. The van der Waals surface area contributed by atoms with Crippen LogP contribution in [-0.4, -0.2) is 5.91 Å². The molecule has 2 aromatic carbocycles. The van der Waals surface area contributed by atoms with E-state index in [9.17, 15) is 4.79 Å². The number of rotatable bonds is 5. The lowest BCUT2D eigenvalue weighted by Gasteiger charge is -2.09. The molecule has 0 aliphatic rings. The number of amides is 1. The van der Waals surface area contributed by atoms with Gasteiger partial charge < -0.3 is 10.5 Å². The molecule has 0 unspecified atom stereocenters. The summed E-state index contributed by atoms with van der Waals surface area (Å²) in [4.78, 5) is 11.4. The molecule has 0 heterocycles. The van der Waals surface area contributed by atoms with Gasteiger partial charge in [0.05, 0.1) is 12.5 Å². The third-order valence-corrected chi connectivity index (χ3v) is 2.76. The van der Waals surface area contributed by atoms with Crippen molar-refractivity contribution in [3.63, 3.8) is 0 Å². The van der Waals surface area contributed by atoms with Crippen LogP contribution in [0.25, 0.3) is 0 Å². The summed E-state index contributed by atoms with van der Waals surface area (Å²) in [6, 6.07) is 16.5. The fourth-order valence-electron chi connectivity index (χ4n) is 1.77. The smallest absolute Gasteiger partial charge is 0.249 e. The quantitative estimate of drug-likeness (QED) is 0.902. The summed E-state index contributed by atoms with van der Waals surface area (Å²) in [5.41, 5.74) is 7.09. The Bertz CT molecular complexity index is 645. The summed E-state index contributed by atoms with van der Waals surface area (Å²) < 4.78 is 5.61. The fraction of sp³-hybridized carbons (Fsp3) is 0.0625. The first kappa shape index (κ1) is 13.6. The Kier molecular flexibility index (Phi) is 4.35. The Morgan fingerprint density at radius 1 is 1.25 bits per heavy atom. The van der Waals surface area contributed by atoms with E-state index in [0.717, 1.165) is 5.56 Å². The molecule has 20 heavy (non-hydrogen) atoms. The van der Waals surface area contributed by atoms with Crippen molar-refractivity contribution in [3.8, 4) is 11.8 Å². The van der Waals surface area contributed by atoms with Crippen LogP contribution in [0.15, 0.2) is 48.5 Å². The zero-order chi connectivity index (χ0) is 14.4. The Morgan fingerprint density at radius 2 is 2.00 bits per heavy atom. The van der Waals surface area contributed by atoms with Crippen LogP contribution >= 0.6 is 0 Å². The number of benzene rings is 2. The van der Waals surface area contributed by atoms with Crippen molar-refractivity contribution in [2.45, 2.75) is 6.61 Å². The van der Waals surface area contributed by atoms with Crippen LogP contribution in [0.2, 0.25) is 0 Å². The first-order valence-corrected chi connectivity index (χ1v) is 6.04. The second-order valence-corrected chi connectivity index (χ2v) is 4.16. The number of carbonyl (C=O) groups excluding carboxylic acids is 1. The second-order valence-electron chi connectivity index (χ2n) is 4.16. The van der Waals surface area contributed by atoms with Crippen molar-refractivity contribution in [1.82, 2.24) is 0 Å². The molecule has 99 valence electrons. The average Bonchev–Trinajstić information content (AvgIpc) is 2.47. The van der Waals surface area contributed by atoms with Gasteiger partial charge in [-0.3, -0.25) is 4.79 Å². The third-order valence-electron chi connectivity index (χ3n) is 2.76. The summed E-state index contributed by atoms with van der Waals surface area (Å²) in [5.74, 6) is -0.0468. The first-order valence-electron chi connectivity index (χ1n) is 6.04. The van der Waals surface area contributed by atoms with Crippen molar-refractivity contribution in [3.05, 3.63) is 71.6 Å². The zero-order valence-corrected chi connectivity index (χ0v) is 10.7. The lowest BCUT2D eigenvalue weighted by molar-refractivity contribution is 0.0999. The van der Waals surface area contributed by atoms with Gasteiger partial charge in [-0.2, -0.15) is 5.26 Å². The summed E-state index contributed by atoms with van der Waals surface area (Å²) in [7, 11) is 0. The highest BCUT2D eigenvalue weighted by Gasteiger charge is 2.10. The van der Waals surface area contributed by atoms with Gasteiger partial charge in [0, 0.05) is 5.56 Å². The van der Waals surface area contributed by atoms with Crippen molar-refractivity contribution >= 4 is 5.91 Å². The molecule has 0 aliphatic carbocycles. The lowest BCUT2D eigenvalue weighted by Crippen LogP contribution is -2.13. The van der Waals surface area contributed by atoms with E-state index in [1.807, 2.05) is 36.4 Å². The summed E-state index contributed by atoms with van der Waals surface area (Å²) in [6.45, 7) is 0.403. The SMILES string of the molecule is N#C[CH]c1ccc(OCc2ccccc2)cc1C(N)=O. The van der Waals surface area contributed by atoms with Crippen molar-refractivity contribution in [1.29, 1.82) is 5.26 Å². The number of hydrogen-bond acceptors (Lipinski definition) is 3. The highest BCUT2D eigenvalue weighted by Crippen LogP contribution is 2.20. The van der Waals surface area contributed by atoms with Crippen molar-refractivity contribution < 1.29 is 9.53 Å². The third kappa shape index (κ3) is 3.36. The van der Waals surface area contributed by atoms with E-state index in [4.69, 9.17) is 15.7 Å². The van der Waals surface area contributed by atoms with Gasteiger partial charge in [0.15, 0.2) is 0 Å². The van der Waals surface area contributed by atoms with Crippen LogP contribution in [0.5, 0.6) is 5.75 Å². The maximum Gasteiger partial charge on any atom is 0.249 e. The van der Waals surface area contributed by atoms with Crippen LogP contribution < -0.4 is 10.5 Å². The molecule has 2 rings (SSSR count). The van der Waals surface area contributed by atoms with Gasteiger partial charge in [0.25, 0.3) is 0 Å². The molecule has 4 nitrogen and oxygen atoms in total. The number of hydrogen-bond donors (Lipinski definition) is 1. The topological polar surface area (TPSA) is 76.1 Å². The fourth-order valence-corrected chi connectivity index (χ4v) is 1.77. The molecule has 2 N–H and O–H groups in total. The maximum atomic E-state index is 11.4. The molecule has 0 spiro atoms. The summed E-state index contributed by atoms with van der Waals surface area (Å²) in [5, 5.41) is 8.66. The molecule has 0 aliphatic heterocycles. The van der Waals surface area contributed by atoms with Gasteiger partial charge in [-0.05, 0) is 23.3 Å². The van der Waals surface area contributed by atoms with E-state index in [1.54, 1.807) is 18.2 Å². The molecule has 4 heteroatoms. The monoisotopic (exact) mass is 265 g/mol. The van der Waals surface area contributed by atoms with E-state index in [-0.39, 0.29) is 5.56 Å². The Hall–Kier alpha value is -2.80. The first-order chi connectivity index (χ1) is 9.70. The molecule has 0 saturated heterocycles. The number of nitrogens with two attached hydrogens (primary N) is 1. The van der Waals surface area contributed by atoms with Gasteiger partial charge in [-0.15, -0.1) is 0 Å². The number of nitrogens with zero attached hydrogens (tertiary/aromatic N) is 1. The van der Waals surface area contributed by atoms with E-state index >= 15 is 0 Å². The standard InChI is InChI=1S/C16H13N2O2/c17-9-8-13-6-7-14(10-15(13)16(18)19)20-11-12-4-2-1-3-5-12/h1-8,10H,11H2,(H2,18,19). The zero-order valence-electron chi connectivity index (χ0n) is 10.7. The van der Waals surface area contributed by atoms with Gasteiger partial charge >= 0.3 is 0 Å². The minimum absolute atomic E-state index is 0.275. The molecule has 1 amide bonds. The van der Waals surface area contributed by atoms with Gasteiger partial charge in [-0.25, -0.2) is 0 Å². The lowest BCUT2D eigenvalue weighted by atomic mass is 10.0. The largest absolute Gasteiger partial charge is 0.489 e. The molecule has 2 aromatic rings. The van der Waals surface area contributed by atoms with Gasteiger partial charge in [0.2, 0.25) is 5.91 Å². The molecule has 0 saturated carbocycles. The Morgan fingerprint density at radius 3 is 2.65 bits per heavy atom. The molecular formula is C16H13N2O2. The minimum Gasteiger partial charge on any atom is -0.489 e. The minimum atomic E-state index is -0.586. The summed E-state index contributed by atoms with van der Waals surface area (Å²) in [6.07, 6.45) is 1.28. The number of ether oxygens (including phenoxy) is 1. The van der Waals surface area contributed by atoms with Gasteiger partial charge in [0.1, 0.15) is 12.4 Å². The molecule has 0 bridgehead atoms. The van der Waals surface area contributed by atoms with E-state index in [2.05, 4.69) is 0 Å². The van der Waals surface area contributed by atoms with Crippen LogP contribution in [0.4, 0.5) is 0 Å². The van der Waals surface area contributed by atoms with Crippen LogP contribution in [0.1, 0.15) is 21.5 Å². The highest BCUT2D eigenvalue weighted by atomic mass is 16.5. The van der Waals surface area contributed by atoms with Gasteiger partial charge in [-0.1, -0.05) is 36.4 Å².